The number of hydrogen-bond donors (Lipinski definition) is 1. The number of para-hydroxylation sites is 1. The van der Waals surface area contributed by atoms with Crippen LogP contribution in [0.1, 0.15) is 11.1 Å². The molecule has 122 valence electrons. The number of anilines is 2. The molecule has 3 nitrogen and oxygen atoms in total. The van der Waals surface area contributed by atoms with E-state index in [1.807, 2.05) is 42.5 Å². The summed E-state index contributed by atoms with van der Waals surface area (Å²) in [7, 11) is 0. The van der Waals surface area contributed by atoms with Crippen molar-refractivity contribution in [2.45, 2.75) is 13.8 Å². The molecule has 3 aromatic carbocycles. The van der Waals surface area contributed by atoms with Gasteiger partial charge in [-0.15, -0.1) is 0 Å². The quantitative estimate of drug-likeness (QED) is 0.528. The van der Waals surface area contributed by atoms with Gasteiger partial charge in [0.05, 0.1) is 5.52 Å². The molecule has 0 radical (unpaired) electrons. The normalized spacial score (nSPS) is 10.8. The molecule has 0 atom stereocenters. The molecule has 25 heavy (non-hydrogen) atoms. The fraction of sp³-hybridized carbons (Fsp3) is 0.0909. The van der Waals surface area contributed by atoms with E-state index < -0.39 is 0 Å². The fourth-order valence-corrected chi connectivity index (χ4v) is 2.94. The molecular formula is C22H19N3. The van der Waals surface area contributed by atoms with Gasteiger partial charge in [0.25, 0.3) is 0 Å². The van der Waals surface area contributed by atoms with E-state index >= 15 is 0 Å². The zero-order chi connectivity index (χ0) is 17.2. The lowest BCUT2D eigenvalue weighted by molar-refractivity contribution is 1.22. The number of hydrogen-bond acceptors (Lipinski definition) is 3. The summed E-state index contributed by atoms with van der Waals surface area (Å²) in [5, 5.41) is 4.48. The molecular weight excluding hydrogens is 306 g/mol. The highest BCUT2D eigenvalue weighted by molar-refractivity contribution is 5.92. The molecule has 1 heterocycles. The Morgan fingerprint density at radius 1 is 0.720 bits per heavy atom. The third-order valence-electron chi connectivity index (χ3n) is 4.16. The van der Waals surface area contributed by atoms with Crippen molar-refractivity contribution in [3.8, 4) is 11.4 Å². The first kappa shape index (κ1) is 15.3. The zero-order valence-corrected chi connectivity index (χ0v) is 14.3. The first-order valence-corrected chi connectivity index (χ1v) is 8.36. The van der Waals surface area contributed by atoms with Gasteiger partial charge in [-0.05, 0) is 49.7 Å². The van der Waals surface area contributed by atoms with Gasteiger partial charge in [0.15, 0.2) is 5.82 Å². The van der Waals surface area contributed by atoms with Crippen LogP contribution in [-0.4, -0.2) is 9.97 Å². The third-order valence-corrected chi connectivity index (χ3v) is 4.16. The van der Waals surface area contributed by atoms with Crippen LogP contribution < -0.4 is 5.32 Å². The van der Waals surface area contributed by atoms with Gasteiger partial charge in [0.1, 0.15) is 5.82 Å². The lowest BCUT2D eigenvalue weighted by atomic mass is 10.1. The van der Waals surface area contributed by atoms with Gasteiger partial charge in [-0.3, -0.25) is 0 Å². The van der Waals surface area contributed by atoms with Crippen LogP contribution in [0.5, 0.6) is 0 Å². The Balaban J connectivity index is 1.87. The topological polar surface area (TPSA) is 37.8 Å². The van der Waals surface area contributed by atoms with E-state index in [9.17, 15) is 0 Å². The van der Waals surface area contributed by atoms with Crippen LogP contribution in [0, 0.1) is 13.8 Å². The molecule has 0 saturated heterocycles. The number of nitrogens with zero attached hydrogens (tertiary/aromatic N) is 2. The monoisotopic (exact) mass is 325 g/mol. The van der Waals surface area contributed by atoms with Crippen molar-refractivity contribution in [1.29, 1.82) is 0 Å². The van der Waals surface area contributed by atoms with Crippen LogP contribution in [0.15, 0.2) is 72.8 Å². The van der Waals surface area contributed by atoms with Crippen molar-refractivity contribution < 1.29 is 0 Å². The summed E-state index contributed by atoms with van der Waals surface area (Å²) in [5.41, 5.74) is 5.39. The molecule has 3 heteroatoms. The lowest BCUT2D eigenvalue weighted by Crippen LogP contribution is -1.99. The van der Waals surface area contributed by atoms with E-state index in [0.717, 1.165) is 33.8 Å². The molecule has 1 N–H and O–H groups in total. The predicted octanol–water partition coefficient (Wildman–Crippen LogP) is 5.66. The zero-order valence-electron chi connectivity index (χ0n) is 14.3. The average molecular weight is 325 g/mol. The smallest absolute Gasteiger partial charge is 0.162 e. The Morgan fingerprint density at radius 3 is 2.28 bits per heavy atom. The van der Waals surface area contributed by atoms with Crippen molar-refractivity contribution in [2.75, 3.05) is 5.32 Å². The van der Waals surface area contributed by atoms with Gasteiger partial charge in [-0.1, -0.05) is 48.0 Å². The van der Waals surface area contributed by atoms with Crippen molar-refractivity contribution in [3.63, 3.8) is 0 Å². The Kier molecular flexibility index (Phi) is 3.90. The second kappa shape index (κ2) is 6.36. The summed E-state index contributed by atoms with van der Waals surface area (Å²) in [6.45, 7) is 4.16. The Labute approximate surface area is 147 Å². The van der Waals surface area contributed by atoms with Crippen LogP contribution in [-0.2, 0) is 0 Å². The number of fused-ring (bicyclic) bond motifs is 1. The molecule has 0 saturated carbocycles. The van der Waals surface area contributed by atoms with Gasteiger partial charge in [0.2, 0.25) is 0 Å². The van der Waals surface area contributed by atoms with Crippen LogP contribution in [0.2, 0.25) is 0 Å². The minimum absolute atomic E-state index is 0.734. The summed E-state index contributed by atoms with van der Waals surface area (Å²) in [5.74, 6) is 1.56. The second-order valence-corrected chi connectivity index (χ2v) is 6.28. The van der Waals surface area contributed by atoms with Gasteiger partial charge < -0.3 is 5.32 Å². The first-order valence-electron chi connectivity index (χ1n) is 8.36. The molecule has 0 fully saturated rings. The highest BCUT2D eigenvalue weighted by Gasteiger charge is 2.10. The average Bonchev–Trinajstić information content (AvgIpc) is 2.62. The van der Waals surface area contributed by atoms with Gasteiger partial charge >= 0.3 is 0 Å². The molecule has 0 aliphatic heterocycles. The SMILES string of the molecule is Cc1cccc(Nc2nc(-c3cccc(C)c3)nc3ccccc23)c1. The van der Waals surface area contributed by atoms with Crippen LogP contribution in [0.4, 0.5) is 11.5 Å². The van der Waals surface area contributed by atoms with Gasteiger partial charge in [-0.2, -0.15) is 0 Å². The predicted molar refractivity (Wildman–Crippen MR) is 104 cm³/mol. The molecule has 0 spiro atoms. The summed E-state index contributed by atoms with van der Waals surface area (Å²) in [4.78, 5) is 9.57. The maximum absolute atomic E-state index is 4.81. The maximum Gasteiger partial charge on any atom is 0.162 e. The minimum Gasteiger partial charge on any atom is -0.340 e. The Morgan fingerprint density at radius 2 is 1.48 bits per heavy atom. The number of aromatic nitrogens is 2. The van der Waals surface area contributed by atoms with Crippen LogP contribution in [0.25, 0.3) is 22.3 Å². The lowest BCUT2D eigenvalue weighted by Gasteiger charge is -2.12. The standard InChI is InChI=1S/C22H19N3/c1-15-7-5-9-17(13-15)21-24-20-12-4-3-11-19(20)22(25-21)23-18-10-6-8-16(2)14-18/h3-14H,1-2H3,(H,23,24,25). The molecule has 4 rings (SSSR count). The molecule has 0 aliphatic carbocycles. The molecule has 0 amide bonds. The van der Waals surface area contributed by atoms with Crippen molar-refractivity contribution in [2.24, 2.45) is 0 Å². The van der Waals surface area contributed by atoms with Gasteiger partial charge in [0, 0.05) is 16.6 Å². The Bertz CT molecular complexity index is 1050. The number of aryl methyl sites for hydroxylation is 2. The number of rotatable bonds is 3. The van der Waals surface area contributed by atoms with Crippen molar-refractivity contribution in [1.82, 2.24) is 9.97 Å². The number of benzene rings is 3. The number of nitrogens with one attached hydrogen (secondary N) is 1. The summed E-state index contributed by atoms with van der Waals surface area (Å²) >= 11 is 0. The van der Waals surface area contributed by atoms with Gasteiger partial charge in [-0.25, -0.2) is 9.97 Å². The Hall–Kier alpha value is -3.20. The largest absolute Gasteiger partial charge is 0.340 e. The van der Waals surface area contributed by atoms with Crippen molar-refractivity contribution >= 4 is 22.4 Å². The maximum atomic E-state index is 4.81. The first-order chi connectivity index (χ1) is 12.2. The van der Waals surface area contributed by atoms with E-state index in [2.05, 4.69) is 49.5 Å². The molecule has 4 aromatic rings. The van der Waals surface area contributed by atoms with E-state index in [0.29, 0.717) is 0 Å². The summed E-state index contributed by atoms with van der Waals surface area (Å²) < 4.78 is 0. The van der Waals surface area contributed by atoms with Crippen LogP contribution >= 0.6 is 0 Å². The van der Waals surface area contributed by atoms with E-state index in [1.54, 1.807) is 0 Å². The van der Waals surface area contributed by atoms with E-state index in [1.165, 1.54) is 11.1 Å². The van der Waals surface area contributed by atoms with E-state index in [4.69, 9.17) is 9.97 Å². The van der Waals surface area contributed by atoms with Crippen LogP contribution in [0.3, 0.4) is 0 Å². The van der Waals surface area contributed by atoms with E-state index in [-0.39, 0.29) is 0 Å². The second-order valence-electron chi connectivity index (χ2n) is 6.28. The molecule has 1 aromatic heterocycles. The molecule has 0 aliphatic rings. The third kappa shape index (κ3) is 3.22. The minimum atomic E-state index is 0.734. The highest BCUT2D eigenvalue weighted by Crippen LogP contribution is 2.27. The fourth-order valence-electron chi connectivity index (χ4n) is 2.94. The molecule has 0 unspecified atom stereocenters. The summed E-state index contributed by atoms with van der Waals surface area (Å²) in [6.07, 6.45) is 0. The highest BCUT2D eigenvalue weighted by atomic mass is 15.0. The van der Waals surface area contributed by atoms with Crippen molar-refractivity contribution in [3.05, 3.63) is 83.9 Å². The summed E-state index contributed by atoms with van der Waals surface area (Å²) in [6, 6.07) is 24.7. The molecule has 0 bridgehead atoms.